The number of amides is 1. The number of rotatable bonds is 4. The van der Waals surface area contributed by atoms with Crippen LogP contribution in [0.25, 0.3) is 0 Å². The zero-order valence-corrected chi connectivity index (χ0v) is 12.6. The molecule has 0 fully saturated rings. The molecule has 2 aromatic carbocycles. The quantitative estimate of drug-likeness (QED) is 0.834. The molecule has 0 aromatic heterocycles. The number of hydrogen-bond donors (Lipinski definition) is 2. The van der Waals surface area contributed by atoms with Crippen LogP contribution in [0.1, 0.15) is 10.4 Å². The van der Waals surface area contributed by atoms with E-state index >= 15 is 0 Å². The van der Waals surface area contributed by atoms with Crippen molar-refractivity contribution in [3.8, 4) is 12.1 Å². The highest BCUT2D eigenvalue weighted by atomic mass is 35.5. The number of nitrogens with one attached hydrogen (secondary N) is 2. The Morgan fingerprint density at radius 1 is 1.04 bits per heavy atom. The summed E-state index contributed by atoms with van der Waals surface area (Å²) in [6, 6.07) is 17.0. The van der Waals surface area contributed by atoms with Crippen molar-refractivity contribution in [2.45, 2.75) is 0 Å². The zero-order chi connectivity index (χ0) is 16.7. The van der Waals surface area contributed by atoms with E-state index in [2.05, 4.69) is 10.6 Å². The molecule has 2 rings (SSSR count). The molecule has 0 bridgehead atoms. The average molecular weight is 323 g/mol. The van der Waals surface area contributed by atoms with Gasteiger partial charge in [0.05, 0.1) is 0 Å². The topological polar surface area (TPSA) is 88.7 Å². The first kappa shape index (κ1) is 16.1. The van der Waals surface area contributed by atoms with E-state index in [1.807, 2.05) is 0 Å². The number of nitrogens with zero attached hydrogens (tertiary/aromatic N) is 2. The van der Waals surface area contributed by atoms with Gasteiger partial charge >= 0.3 is 0 Å². The van der Waals surface area contributed by atoms with Gasteiger partial charge in [0.15, 0.2) is 0 Å². The van der Waals surface area contributed by atoms with E-state index in [1.54, 1.807) is 60.7 Å². The van der Waals surface area contributed by atoms with Crippen molar-refractivity contribution in [1.29, 1.82) is 10.5 Å². The van der Waals surface area contributed by atoms with E-state index in [4.69, 9.17) is 22.1 Å². The third-order valence-corrected chi connectivity index (χ3v) is 3.09. The molecule has 5 nitrogen and oxygen atoms in total. The molecule has 1 amide bonds. The van der Waals surface area contributed by atoms with Crippen molar-refractivity contribution in [3.63, 3.8) is 0 Å². The maximum Gasteiger partial charge on any atom is 0.255 e. The Morgan fingerprint density at radius 2 is 1.74 bits per heavy atom. The minimum absolute atomic E-state index is 0.0345. The Balaban J connectivity index is 2.05. The van der Waals surface area contributed by atoms with Crippen LogP contribution in [-0.2, 0) is 0 Å². The number of hydrogen-bond acceptors (Lipinski definition) is 4. The van der Waals surface area contributed by atoms with Crippen molar-refractivity contribution in [3.05, 3.63) is 70.9 Å². The molecule has 23 heavy (non-hydrogen) atoms. The number of carbonyl (C=O) groups is 1. The van der Waals surface area contributed by atoms with Crippen LogP contribution in [-0.4, -0.2) is 5.91 Å². The molecular weight excluding hydrogens is 312 g/mol. The largest absolute Gasteiger partial charge is 0.360 e. The predicted molar refractivity (Wildman–Crippen MR) is 88.8 cm³/mol. The lowest BCUT2D eigenvalue weighted by Crippen LogP contribution is -2.11. The van der Waals surface area contributed by atoms with Gasteiger partial charge in [0, 0.05) is 28.2 Å². The van der Waals surface area contributed by atoms with Gasteiger partial charge in [-0.2, -0.15) is 10.5 Å². The number of anilines is 2. The summed E-state index contributed by atoms with van der Waals surface area (Å²) in [5.41, 5.74) is 1.71. The van der Waals surface area contributed by atoms with Gasteiger partial charge in [-0.3, -0.25) is 4.79 Å². The molecule has 0 saturated carbocycles. The second kappa shape index (κ2) is 7.65. The van der Waals surface area contributed by atoms with E-state index in [0.717, 1.165) is 0 Å². The van der Waals surface area contributed by atoms with Crippen LogP contribution in [0.15, 0.2) is 60.3 Å². The molecule has 0 heterocycles. The molecule has 0 aliphatic rings. The van der Waals surface area contributed by atoms with Crippen LogP contribution < -0.4 is 10.6 Å². The predicted octanol–water partition coefficient (Wildman–Crippen LogP) is 3.94. The maximum absolute atomic E-state index is 12.1. The standard InChI is InChI=1S/C17H11ClN4O/c18-14-2-1-3-16(8-14)22-17(23)13-4-6-15(7-5-13)21-11-12(9-19)10-20/h1-8,11,21H,(H,22,23). The van der Waals surface area contributed by atoms with E-state index in [-0.39, 0.29) is 11.5 Å². The van der Waals surface area contributed by atoms with E-state index in [9.17, 15) is 4.79 Å². The first-order valence-corrected chi connectivity index (χ1v) is 6.94. The fourth-order valence-electron chi connectivity index (χ4n) is 1.73. The Bertz CT molecular complexity index is 813. The number of carbonyl (C=O) groups excluding carboxylic acids is 1. The van der Waals surface area contributed by atoms with Crippen molar-refractivity contribution in [2.24, 2.45) is 0 Å². The van der Waals surface area contributed by atoms with Gasteiger partial charge in [-0.1, -0.05) is 17.7 Å². The minimum atomic E-state index is -0.260. The summed E-state index contributed by atoms with van der Waals surface area (Å²) < 4.78 is 0. The molecule has 0 spiro atoms. The normalized spacial score (nSPS) is 9.17. The van der Waals surface area contributed by atoms with E-state index in [0.29, 0.717) is 22.0 Å². The molecule has 0 radical (unpaired) electrons. The highest BCUT2D eigenvalue weighted by Gasteiger charge is 2.06. The molecule has 112 valence electrons. The molecule has 6 heteroatoms. The smallest absolute Gasteiger partial charge is 0.255 e. The fraction of sp³-hybridized carbons (Fsp3) is 0. The van der Waals surface area contributed by atoms with E-state index in [1.165, 1.54) is 6.20 Å². The van der Waals surface area contributed by atoms with Crippen molar-refractivity contribution < 1.29 is 4.79 Å². The summed E-state index contributed by atoms with van der Waals surface area (Å²) in [4.78, 5) is 12.1. The Morgan fingerprint density at radius 3 is 2.35 bits per heavy atom. The molecule has 0 aliphatic heterocycles. The van der Waals surface area contributed by atoms with Crippen LogP contribution in [0, 0.1) is 22.7 Å². The number of nitriles is 2. The molecule has 0 atom stereocenters. The van der Waals surface area contributed by atoms with Crippen LogP contribution >= 0.6 is 11.6 Å². The summed E-state index contributed by atoms with van der Waals surface area (Å²) in [6.45, 7) is 0. The summed E-state index contributed by atoms with van der Waals surface area (Å²) in [6.07, 6.45) is 1.31. The van der Waals surface area contributed by atoms with Gasteiger partial charge in [0.25, 0.3) is 5.91 Å². The van der Waals surface area contributed by atoms with Gasteiger partial charge in [-0.25, -0.2) is 0 Å². The molecule has 2 N–H and O–H groups in total. The minimum Gasteiger partial charge on any atom is -0.360 e. The lowest BCUT2D eigenvalue weighted by molar-refractivity contribution is 0.102. The monoisotopic (exact) mass is 322 g/mol. The van der Waals surface area contributed by atoms with Crippen LogP contribution in [0.3, 0.4) is 0 Å². The molecule has 0 aliphatic carbocycles. The molecular formula is C17H11ClN4O. The highest BCUT2D eigenvalue weighted by Crippen LogP contribution is 2.17. The van der Waals surface area contributed by atoms with Gasteiger partial charge in [-0.15, -0.1) is 0 Å². The summed E-state index contributed by atoms with van der Waals surface area (Å²) in [5, 5.41) is 23.4. The Hall–Kier alpha value is -3.28. The van der Waals surface area contributed by atoms with Crippen LogP contribution in [0.5, 0.6) is 0 Å². The van der Waals surface area contributed by atoms with E-state index < -0.39 is 0 Å². The summed E-state index contributed by atoms with van der Waals surface area (Å²) in [5.74, 6) is -0.260. The number of benzene rings is 2. The summed E-state index contributed by atoms with van der Waals surface area (Å²) >= 11 is 5.87. The van der Waals surface area contributed by atoms with Gasteiger partial charge < -0.3 is 10.6 Å². The van der Waals surface area contributed by atoms with Gasteiger partial charge in [0.1, 0.15) is 17.7 Å². The number of halogens is 1. The number of allylic oxidation sites excluding steroid dienone is 1. The lowest BCUT2D eigenvalue weighted by Gasteiger charge is -2.06. The first-order valence-electron chi connectivity index (χ1n) is 6.56. The SMILES string of the molecule is N#CC(C#N)=CNc1ccc(C(=O)Nc2cccc(Cl)c2)cc1. The van der Waals surface area contributed by atoms with Crippen molar-refractivity contribution >= 4 is 28.9 Å². The molecule has 0 unspecified atom stereocenters. The molecule has 2 aromatic rings. The fourth-order valence-corrected chi connectivity index (χ4v) is 1.92. The van der Waals surface area contributed by atoms with Gasteiger partial charge in [0.2, 0.25) is 0 Å². The van der Waals surface area contributed by atoms with Crippen LogP contribution in [0.2, 0.25) is 5.02 Å². The first-order chi connectivity index (χ1) is 11.1. The highest BCUT2D eigenvalue weighted by molar-refractivity contribution is 6.30. The van der Waals surface area contributed by atoms with Crippen molar-refractivity contribution in [2.75, 3.05) is 10.6 Å². The Kier molecular flexibility index (Phi) is 5.35. The average Bonchev–Trinajstić information content (AvgIpc) is 2.56. The maximum atomic E-state index is 12.1. The Labute approximate surface area is 138 Å². The van der Waals surface area contributed by atoms with Gasteiger partial charge in [-0.05, 0) is 42.5 Å². The third-order valence-electron chi connectivity index (χ3n) is 2.85. The second-order valence-corrected chi connectivity index (χ2v) is 4.90. The van der Waals surface area contributed by atoms with Crippen LogP contribution in [0.4, 0.5) is 11.4 Å². The molecule has 0 saturated heterocycles. The van der Waals surface area contributed by atoms with Crippen molar-refractivity contribution in [1.82, 2.24) is 0 Å². The third kappa shape index (κ3) is 4.60. The second-order valence-electron chi connectivity index (χ2n) is 4.47. The zero-order valence-electron chi connectivity index (χ0n) is 11.9. The summed E-state index contributed by atoms with van der Waals surface area (Å²) in [7, 11) is 0. The lowest BCUT2D eigenvalue weighted by atomic mass is 10.2.